The number of piperidine rings is 1. The Kier molecular flexibility index (Phi) is 9.16. The smallest absolute Gasteiger partial charge is 0.355 e. The van der Waals surface area contributed by atoms with Crippen molar-refractivity contribution in [1.29, 1.82) is 0 Å². The molecule has 0 saturated carbocycles. The summed E-state index contributed by atoms with van der Waals surface area (Å²) >= 11 is 0. The van der Waals surface area contributed by atoms with Crippen LogP contribution in [0.25, 0.3) is 11.7 Å². The van der Waals surface area contributed by atoms with E-state index < -0.39 is 11.7 Å². The number of aryl methyl sites for hydroxylation is 1. The molecular weight excluding hydrogens is 589 g/mol. The number of imidazole rings is 1. The van der Waals surface area contributed by atoms with Crippen molar-refractivity contribution in [3.8, 4) is 0 Å². The van der Waals surface area contributed by atoms with Gasteiger partial charge in [0.25, 0.3) is 0 Å². The fourth-order valence-corrected chi connectivity index (χ4v) is 5.83. The van der Waals surface area contributed by atoms with Gasteiger partial charge in [0.15, 0.2) is 0 Å². The number of carbonyl (C=O) groups is 1. The number of fused-ring (bicyclic) bond motifs is 1. The van der Waals surface area contributed by atoms with Crippen molar-refractivity contribution >= 4 is 29.0 Å². The monoisotopic (exact) mass is 624 g/mol. The second-order valence-electron chi connectivity index (χ2n) is 11.6. The molecule has 0 atom stereocenters. The lowest BCUT2D eigenvalue weighted by Gasteiger charge is -2.38. The van der Waals surface area contributed by atoms with Crippen LogP contribution in [0.2, 0.25) is 0 Å². The molecule has 1 aliphatic rings. The summed E-state index contributed by atoms with van der Waals surface area (Å²) < 4.78 is 41.1. The predicted octanol–water partition coefficient (Wildman–Crippen LogP) is 7.51. The summed E-state index contributed by atoms with van der Waals surface area (Å²) in [6.07, 6.45) is 5.95. The van der Waals surface area contributed by atoms with Gasteiger partial charge in [-0.3, -0.25) is 14.7 Å². The maximum Gasteiger partial charge on any atom is 0.416 e. The summed E-state index contributed by atoms with van der Waals surface area (Å²) in [5, 5.41) is 3.38. The van der Waals surface area contributed by atoms with Crippen molar-refractivity contribution < 1.29 is 18.0 Å². The predicted molar refractivity (Wildman–Crippen MR) is 173 cm³/mol. The molecule has 2 aromatic carbocycles. The number of anilines is 2. The quantitative estimate of drug-likeness (QED) is 0.172. The fourth-order valence-electron chi connectivity index (χ4n) is 5.83. The lowest BCUT2D eigenvalue weighted by atomic mass is 10.0. The number of alkyl halides is 3. The highest BCUT2D eigenvalue weighted by atomic mass is 19.4. The van der Waals surface area contributed by atoms with E-state index in [1.807, 2.05) is 78.8 Å². The molecule has 0 unspecified atom stereocenters. The van der Waals surface area contributed by atoms with E-state index in [2.05, 4.69) is 24.6 Å². The Morgan fingerprint density at radius 1 is 0.978 bits per heavy atom. The largest absolute Gasteiger partial charge is 0.416 e. The van der Waals surface area contributed by atoms with E-state index >= 15 is 0 Å². The minimum Gasteiger partial charge on any atom is -0.355 e. The third kappa shape index (κ3) is 7.63. The van der Waals surface area contributed by atoms with Crippen molar-refractivity contribution in [2.45, 2.75) is 45.1 Å². The zero-order valence-corrected chi connectivity index (χ0v) is 25.5. The van der Waals surface area contributed by atoms with Crippen LogP contribution >= 0.6 is 0 Å². The van der Waals surface area contributed by atoms with E-state index in [1.165, 1.54) is 18.2 Å². The normalized spacial score (nSPS) is 14.6. The van der Waals surface area contributed by atoms with E-state index in [4.69, 9.17) is 0 Å². The first-order chi connectivity index (χ1) is 22.2. The topological polar surface area (TPSA) is 65.8 Å². The van der Waals surface area contributed by atoms with E-state index in [-0.39, 0.29) is 11.9 Å². The lowest BCUT2D eigenvalue weighted by molar-refractivity contribution is -0.137. The average molecular weight is 625 g/mol. The Labute approximate surface area is 266 Å². The molecule has 5 aromatic rings. The van der Waals surface area contributed by atoms with Gasteiger partial charge in [-0.05, 0) is 85.5 Å². The Balaban J connectivity index is 1.15. The van der Waals surface area contributed by atoms with Crippen LogP contribution in [0.1, 0.15) is 40.9 Å². The molecule has 1 saturated heterocycles. The zero-order chi connectivity index (χ0) is 32.1. The van der Waals surface area contributed by atoms with Crippen LogP contribution in [0.5, 0.6) is 0 Å². The summed E-state index contributed by atoms with van der Waals surface area (Å²) in [5.41, 5.74) is 5.64. The van der Waals surface area contributed by atoms with Crippen LogP contribution in [0, 0.1) is 6.92 Å². The van der Waals surface area contributed by atoms with Gasteiger partial charge in [0, 0.05) is 67.8 Å². The van der Waals surface area contributed by atoms with Gasteiger partial charge in [0.05, 0.1) is 17.5 Å². The van der Waals surface area contributed by atoms with Crippen LogP contribution in [0.4, 0.5) is 24.5 Å². The third-order valence-corrected chi connectivity index (χ3v) is 8.31. The molecule has 1 aliphatic heterocycles. The van der Waals surface area contributed by atoms with Gasteiger partial charge in [0.1, 0.15) is 5.65 Å². The minimum atomic E-state index is -4.41. The van der Waals surface area contributed by atoms with Gasteiger partial charge >= 0.3 is 6.18 Å². The van der Waals surface area contributed by atoms with E-state index in [0.717, 1.165) is 78.6 Å². The average Bonchev–Trinajstić information content (AvgIpc) is 3.46. The summed E-state index contributed by atoms with van der Waals surface area (Å²) in [5.74, 6) is -0.172. The number of aromatic nitrogens is 3. The number of pyridine rings is 2. The summed E-state index contributed by atoms with van der Waals surface area (Å²) in [6.45, 7) is 4.78. The number of hydrogen-bond acceptors (Lipinski definition) is 5. The zero-order valence-electron chi connectivity index (χ0n) is 25.5. The van der Waals surface area contributed by atoms with Gasteiger partial charge in [0.2, 0.25) is 5.91 Å². The summed E-state index contributed by atoms with van der Waals surface area (Å²) in [4.78, 5) is 26.7. The number of hydrogen-bond donors (Lipinski definition) is 1. The number of amides is 1. The minimum absolute atomic E-state index is 0.0146. The number of nitrogens with zero attached hydrogens (tertiary/aromatic N) is 5. The standard InChI is InChI=1S/C36H35F3N6O/c1-26-22-31(15-18-40-26)42-30-12-7-28(8-13-30)24-45(35(46)14-9-27-5-10-29(11-6-27)36(37,38)39)32-16-20-43(21-17-32)25-33-23-41-34-4-2-3-19-44(33)34/h2-15,18-19,22-23,32H,16-17,20-21,24-25H2,1H3,(H,40,42). The first kappa shape index (κ1) is 31.0. The number of nitrogens with one attached hydrogen (secondary N) is 1. The van der Waals surface area contributed by atoms with Gasteiger partial charge in [-0.15, -0.1) is 0 Å². The molecule has 3 aromatic heterocycles. The summed E-state index contributed by atoms with van der Waals surface area (Å²) in [6, 6.07) is 22.7. The first-order valence-electron chi connectivity index (χ1n) is 15.3. The van der Waals surface area contributed by atoms with Crippen LogP contribution in [-0.4, -0.2) is 49.2 Å². The van der Waals surface area contributed by atoms with E-state index in [0.29, 0.717) is 12.1 Å². The van der Waals surface area contributed by atoms with Crippen LogP contribution in [0.15, 0.2) is 104 Å². The van der Waals surface area contributed by atoms with Gasteiger partial charge in [-0.1, -0.05) is 30.3 Å². The number of benzene rings is 2. The highest BCUT2D eigenvalue weighted by molar-refractivity contribution is 5.92. The Morgan fingerprint density at radius 3 is 2.46 bits per heavy atom. The molecule has 7 nitrogen and oxygen atoms in total. The van der Waals surface area contributed by atoms with Crippen molar-refractivity contribution in [1.82, 2.24) is 24.2 Å². The molecule has 1 fully saturated rings. The molecule has 0 aliphatic carbocycles. The van der Waals surface area contributed by atoms with Crippen LogP contribution in [0.3, 0.4) is 0 Å². The highest BCUT2D eigenvalue weighted by Gasteiger charge is 2.30. The third-order valence-electron chi connectivity index (χ3n) is 8.31. The molecule has 6 rings (SSSR count). The number of halogens is 3. The second-order valence-corrected chi connectivity index (χ2v) is 11.6. The molecule has 0 radical (unpaired) electrons. The maximum atomic E-state index is 13.7. The second kappa shape index (κ2) is 13.6. The molecule has 1 N–H and O–H groups in total. The van der Waals surface area contributed by atoms with Crippen molar-refractivity contribution in [3.63, 3.8) is 0 Å². The van der Waals surface area contributed by atoms with E-state index in [9.17, 15) is 18.0 Å². The first-order valence-corrected chi connectivity index (χ1v) is 15.3. The lowest BCUT2D eigenvalue weighted by Crippen LogP contribution is -2.46. The molecule has 0 bridgehead atoms. The molecular formula is C36H35F3N6O. The van der Waals surface area contributed by atoms with Gasteiger partial charge in [-0.2, -0.15) is 13.2 Å². The Morgan fingerprint density at radius 2 is 1.74 bits per heavy atom. The van der Waals surface area contributed by atoms with Crippen LogP contribution < -0.4 is 5.32 Å². The molecule has 236 valence electrons. The Hall–Kier alpha value is -4.96. The molecule has 4 heterocycles. The van der Waals surface area contributed by atoms with Crippen molar-refractivity contribution in [2.75, 3.05) is 18.4 Å². The Bertz CT molecular complexity index is 1810. The van der Waals surface area contributed by atoms with Gasteiger partial charge in [-0.25, -0.2) is 4.98 Å². The number of likely N-dealkylation sites (tertiary alicyclic amines) is 1. The van der Waals surface area contributed by atoms with Gasteiger partial charge < -0.3 is 14.6 Å². The van der Waals surface area contributed by atoms with Crippen LogP contribution in [-0.2, 0) is 24.1 Å². The number of rotatable bonds is 9. The molecule has 1 amide bonds. The van der Waals surface area contributed by atoms with Crippen molar-refractivity contribution in [2.24, 2.45) is 0 Å². The SMILES string of the molecule is Cc1cc(Nc2ccc(CN(C(=O)C=Cc3ccc(C(F)(F)F)cc3)C3CCN(Cc4cnc5ccccn45)CC3)cc2)ccn1. The molecule has 10 heteroatoms. The molecule has 0 spiro atoms. The fraction of sp³-hybridized carbons (Fsp3) is 0.250. The maximum absolute atomic E-state index is 13.7. The molecule has 46 heavy (non-hydrogen) atoms. The number of carbonyl (C=O) groups excluding carboxylic acids is 1. The highest BCUT2D eigenvalue weighted by Crippen LogP contribution is 2.29. The summed E-state index contributed by atoms with van der Waals surface area (Å²) in [7, 11) is 0. The van der Waals surface area contributed by atoms with Crippen molar-refractivity contribution in [3.05, 3.63) is 132 Å². The van der Waals surface area contributed by atoms with E-state index in [1.54, 1.807) is 12.3 Å².